The van der Waals surface area contributed by atoms with Gasteiger partial charge in [-0.25, -0.2) is 8.42 Å². The van der Waals surface area contributed by atoms with E-state index in [9.17, 15) is 18.5 Å². The van der Waals surface area contributed by atoms with Gasteiger partial charge in [-0.2, -0.15) is 0 Å². The average Bonchev–Trinajstić information content (AvgIpc) is 3.09. The molecule has 0 aliphatic heterocycles. The molecule has 0 amide bonds. The first kappa shape index (κ1) is 12.8. The second-order valence-electron chi connectivity index (χ2n) is 4.51. The first-order valence-electron chi connectivity index (χ1n) is 5.53. The van der Waals surface area contributed by atoms with Crippen molar-refractivity contribution < 1.29 is 13.3 Å². The van der Waals surface area contributed by atoms with Crippen LogP contribution in [0.1, 0.15) is 24.3 Å². The molecule has 0 spiro atoms. The lowest BCUT2D eigenvalue weighted by Crippen LogP contribution is -2.25. The van der Waals surface area contributed by atoms with Gasteiger partial charge in [-0.15, -0.1) is 0 Å². The van der Waals surface area contributed by atoms with Gasteiger partial charge >= 0.3 is 0 Å². The second-order valence-corrected chi connectivity index (χ2v) is 6.52. The molecule has 1 aliphatic carbocycles. The van der Waals surface area contributed by atoms with E-state index >= 15 is 0 Å². The molecule has 0 unspecified atom stereocenters. The van der Waals surface area contributed by atoms with E-state index in [0.29, 0.717) is 5.92 Å². The van der Waals surface area contributed by atoms with Crippen molar-refractivity contribution in [2.24, 2.45) is 0 Å². The zero-order valence-corrected chi connectivity index (χ0v) is 11.0. The lowest BCUT2D eigenvalue weighted by atomic mass is 10.1. The fourth-order valence-electron chi connectivity index (χ4n) is 1.80. The molecule has 7 heteroatoms. The number of nitro benzene ring substituents is 1. The van der Waals surface area contributed by atoms with Crippen LogP contribution in [-0.4, -0.2) is 26.6 Å². The molecule has 2 rings (SSSR count). The Morgan fingerprint density at radius 3 is 2.44 bits per heavy atom. The standard InChI is InChI=1S/C11H14N2O4S/c1-12(18(2,16)17)11-7-9(8-3-4-8)5-6-10(11)13(14)15/h5-8H,3-4H2,1-2H3. The molecule has 0 bridgehead atoms. The van der Waals surface area contributed by atoms with Crippen molar-refractivity contribution in [2.75, 3.05) is 17.6 Å². The SMILES string of the molecule is CN(c1cc(C2CC2)ccc1[N+](=O)[O-])S(C)(=O)=O. The van der Waals surface area contributed by atoms with E-state index in [1.54, 1.807) is 12.1 Å². The predicted octanol–water partition coefficient (Wildman–Crippen LogP) is 1.87. The van der Waals surface area contributed by atoms with Crippen molar-refractivity contribution in [3.05, 3.63) is 33.9 Å². The van der Waals surface area contributed by atoms with Gasteiger partial charge in [-0.05, 0) is 30.4 Å². The summed E-state index contributed by atoms with van der Waals surface area (Å²) in [5.41, 5.74) is 0.908. The quantitative estimate of drug-likeness (QED) is 0.618. The molecule has 1 fully saturated rings. The molecular formula is C11H14N2O4S. The van der Waals surface area contributed by atoms with Crippen LogP contribution in [0.4, 0.5) is 11.4 Å². The monoisotopic (exact) mass is 270 g/mol. The van der Waals surface area contributed by atoms with Crippen molar-refractivity contribution in [3.8, 4) is 0 Å². The van der Waals surface area contributed by atoms with Crippen LogP contribution in [0.15, 0.2) is 18.2 Å². The number of nitrogens with zero attached hydrogens (tertiary/aromatic N) is 2. The molecule has 18 heavy (non-hydrogen) atoms. The molecule has 0 N–H and O–H groups in total. The zero-order valence-electron chi connectivity index (χ0n) is 10.2. The molecule has 0 heterocycles. The summed E-state index contributed by atoms with van der Waals surface area (Å²) in [6.45, 7) is 0. The molecule has 0 aromatic heterocycles. The summed E-state index contributed by atoms with van der Waals surface area (Å²) in [4.78, 5) is 10.4. The second kappa shape index (κ2) is 4.24. The molecule has 1 aromatic carbocycles. The Balaban J connectivity index is 2.53. The van der Waals surface area contributed by atoms with Crippen molar-refractivity contribution >= 4 is 21.4 Å². The first-order chi connectivity index (χ1) is 8.30. The molecule has 98 valence electrons. The third-order valence-electron chi connectivity index (χ3n) is 3.08. The molecule has 0 atom stereocenters. The lowest BCUT2D eigenvalue weighted by Gasteiger charge is -2.17. The highest BCUT2D eigenvalue weighted by Crippen LogP contribution is 2.43. The van der Waals surface area contributed by atoms with Gasteiger partial charge in [-0.1, -0.05) is 6.07 Å². The van der Waals surface area contributed by atoms with Gasteiger partial charge in [0, 0.05) is 13.1 Å². The van der Waals surface area contributed by atoms with Gasteiger partial charge in [0.2, 0.25) is 10.0 Å². The summed E-state index contributed by atoms with van der Waals surface area (Å²) < 4.78 is 24.0. The maximum atomic E-state index is 11.5. The number of sulfonamides is 1. The van der Waals surface area contributed by atoms with E-state index in [2.05, 4.69) is 0 Å². The van der Waals surface area contributed by atoms with Crippen LogP contribution in [-0.2, 0) is 10.0 Å². The number of hydrogen-bond donors (Lipinski definition) is 0. The highest BCUT2D eigenvalue weighted by molar-refractivity contribution is 7.92. The molecule has 1 aromatic rings. The van der Waals surface area contributed by atoms with Gasteiger partial charge in [0.15, 0.2) is 0 Å². The van der Waals surface area contributed by atoms with Crippen molar-refractivity contribution in [1.82, 2.24) is 0 Å². The zero-order chi connectivity index (χ0) is 13.5. The van der Waals surface area contributed by atoms with Crippen molar-refractivity contribution in [1.29, 1.82) is 0 Å². The maximum absolute atomic E-state index is 11.5. The summed E-state index contributed by atoms with van der Waals surface area (Å²) in [5.74, 6) is 0.414. The molecule has 0 radical (unpaired) electrons. The van der Waals surface area contributed by atoms with E-state index in [1.165, 1.54) is 13.1 Å². The van der Waals surface area contributed by atoms with Gasteiger partial charge in [-0.3, -0.25) is 14.4 Å². The minimum Gasteiger partial charge on any atom is -0.267 e. The van der Waals surface area contributed by atoms with E-state index in [4.69, 9.17) is 0 Å². The highest BCUT2D eigenvalue weighted by atomic mass is 32.2. The number of nitro groups is 1. The average molecular weight is 270 g/mol. The summed E-state index contributed by atoms with van der Waals surface area (Å²) >= 11 is 0. The van der Waals surface area contributed by atoms with Crippen LogP contribution in [0.2, 0.25) is 0 Å². The topological polar surface area (TPSA) is 80.5 Å². The third kappa shape index (κ3) is 2.45. The van der Waals surface area contributed by atoms with E-state index < -0.39 is 14.9 Å². The Hall–Kier alpha value is -1.63. The Kier molecular flexibility index (Phi) is 3.02. The van der Waals surface area contributed by atoms with Gasteiger partial charge in [0.05, 0.1) is 11.2 Å². The fourth-order valence-corrected chi connectivity index (χ4v) is 2.30. The van der Waals surface area contributed by atoms with Crippen LogP contribution in [0.5, 0.6) is 0 Å². The molecular weight excluding hydrogens is 256 g/mol. The number of hydrogen-bond acceptors (Lipinski definition) is 4. The predicted molar refractivity (Wildman–Crippen MR) is 68.3 cm³/mol. The fraction of sp³-hybridized carbons (Fsp3) is 0.455. The lowest BCUT2D eigenvalue weighted by molar-refractivity contribution is -0.384. The van der Waals surface area contributed by atoms with E-state index in [1.807, 2.05) is 0 Å². The third-order valence-corrected chi connectivity index (χ3v) is 4.27. The van der Waals surface area contributed by atoms with Crippen molar-refractivity contribution in [3.63, 3.8) is 0 Å². The van der Waals surface area contributed by atoms with E-state index in [0.717, 1.165) is 29.0 Å². The summed E-state index contributed by atoms with van der Waals surface area (Å²) in [5, 5.41) is 10.9. The van der Waals surface area contributed by atoms with Crippen LogP contribution >= 0.6 is 0 Å². The summed E-state index contributed by atoms with van der Waals surface area (Å²) in [6.07, 6.45) is 3.14. The Morgan fingerprint density at radius 1 is 1.39 bits per heavy atom. The molecule has 0 saturated heterocycles. The smallest absolute Gasteiger partial charge is 0.267 e. The largest absolute Gasteiger partial charge is 0.293 e. The Bertz CT molecular complexity index is 593. The number of rotatable bonds is 4. The highest BCUT2D eigenvalue weighted by Gasteiger charge is 2.28. The number of benzene rings is 1. The Labute approximate surface area is 105 Å². The summed E-state index contributed by atoms with van der Waals surface area (Å²) in [6, 6.07) is 4.69. The first-order valence-corrected chi connectivity index (χ1v) is 7.38. The summed E-state index contributed by atoms with van der Waals surface area (Å²) in [7, 11) is -2.18. The van der Waals surface area contributed by atoms with Crippen LogP contribution in [0.25, 0.3) is 0 Å². The minimum atomic E-state index is -3.51. The van der Waals surface area contributed by atoms with Gasteiger partial charge in [0.1, 0.15) is 5.69 Å². The molecule has 6 nitrogen and oxygen atoms in total. The van der Waals surface area contributed by atoms with Crippen LogP contribution in [0.3, 0.4) is 0 Å². The normalized spacial score (nSPS) is 15.4. The van der Waals surface area contributed by atoms with Crippen LogP contribution in [0, 0.1) is 10.1 Å². The molecule has 1 saturated carbocycles. The van der Waals surface area contributed by atoms with E-state index in [-0.39, 0.29) is 11.4 Å². The van der Waals surface area contributed by atoms with Crippen LogP contribution < -0.4 is 4.31 Å². The number of anilines is 1. The van der Waals surface area contributed by atoms with Gasteiger partial charge in [0.25, 0.3) is 5.69 Å². The minimum absolute atomic E-state index is 0.131. The molecule has 1 aliphatic rings. The Morgan fingerprint density at radius 2 is 2.00 bits per heavy atom. The van der Waals surface area contributed by atoms with Gasteiger partial charge < -0.3 is 0 Å². The maximum Gasteiger partial charge on any atom is 0.293 e. The van der Waals surface area contributed by atoms with Crippen molar-refractivity contribution in [2.45, 2.75) is 18.8 Å².